The molecule has 0 aliphatic rings. The molecule has 0 aliphatic carbocycles. The molecule has 17 heavy (non-hydrogen) atoms. The Morgan fingerprint density at radius 2 is 1.76 bits per heavy atom. The Hall–Kier alpha value is -0.810. The van der Waals surface area contributed by atoms with Gasteiger partial charge in [0.05, 0.1) is 11.2 Å². The lowest BCUT2D eigenvalue weighted by Gasteiger charge is -2.07. The highest BCUT2D eigenvalue weighted by Gasteiger charge is 2.07. The van der Waals surface area contributed by atoms with E-state index >= 15 is 0 Å². The summed E-state index contributed by atoms with van der Waals surface area (Å²) in [7, 11) is 0. The molecule has 0 amide bonds. The molecule has 0 atom stereocenters. The van der Waals surface area contributed by atoms with Crippen LogP contribution in [0.5, 0.6) is 0 Å². The van der Waals surface area contributed by atoms with Crippen molar-refractivity contribution in [3.63, 3.8) is 0 Å². The third-order valence-corrected chi connectivity index (χ3v) is 4.40. The lowest BCUT2D eigenvalue weighted by atomic mass is 10.2. The van der Waals surface area contributed by atoms with Crippen LogP contribution in [0.4, 0.5) is 0 Å². The van der Waals surface area contributed by atoms with E-state index < -0.39 is 0 Å². The van der Waals surface area contributed by atoms with Gasteiger partial charge in [-0.3, -0.25) is 0 Å². The van der Waals surface area contributed by atoms with Gasteiger partial charge in [-0.15, -0.1) is 0 Å². The average molecular weight is 398 g/mol. The van der Waals surface area contributed by atoms with Crippen molar-refractivity contribution in [3.05, 3.63) is 62.8 Å². The van der Waals surface area contributed by atoms with Crippen LogP contribution >= 0.6 is 38.5 Å². The molecule has 1 aromatic heterocycles. The van der Waals surface area contributed by atoms with Gasteiger partial charge in [-0.1, -0.05) is 34.1 Å². The van der Waals surface area contributed by atoms with Gasteiger partial charge in [0.25, 0.3) is 0 Å². The Kier molecular flexibility index (Phi) is 2.96. The molecule has 3 aromatic rings. The number of hydrogen-bond acceptors (Lipinski definition) is 0. The van der Waals surface area contributed by atoms with Crippen molar-refractivity contribution in [2.45, 2.75) is 0 Å². The van der Waals surface area contributed by atoms with Gasteiger partial charge < -0.3 is 4.57 Å². The van der Waals surface area contributed by atoms with Crippen molar-refractivity contribution in [1.29, 1.82) is 0 Å². The molecule has 0 N–H and O–H groups in total. The summed E-state index contributed by atoms with van der Waals surface area (Å²) in [5.41, 5.74) is 2.45. The Morgan fingerprint density at radius 1 is 0.941 bits per heavy atom. The zero-order valence-electron chi connectivity index (χ0n) is 8.90. The van der Waals surface area contributed by atoms with Crippen LogP contribution in [0.25, 0.3) is 16.6 Å². The van der Waals surface area contributed by atoms with Crippen LogP contribution in [0.1, 0.15) is 0 Å². The highest BCUT2D eigenvalue weighted by atomic mass is 127. The van der Waals surface area contributed by atoms with Crippen molar-refractivity contribution in [1.82, 2.24) is 4.57 Å². The number of nitrogens with zero attached hydrogens (tertiary/aromatic N) is 1. The third kappa shape index (κ3) is 1.91. The van der Waals surface area contributed by atoms with Gasteiger partial charge in [-0.25, -0.2) is 0 Å². The summed E-state index contributed by atoms with van der Waals surface area (Å²) in [5.74, 6) is 0. The van der Waals surface area contributed by atoms with Gasteiger partial charge in [0.1, 0.15) is 0 Å². The molecule has 0 aliphatic heterocycles. The number of fused-ring (bicyclic) bond motifs is 1. The largest absolute Gasteiger partial charge is 0.315 e. The van der Waals surface area contributed by atoms with E-state index in [-0.39, 0.29) is 0 Å². The van der Waals surface area contributed by atoms with Crippen molar-refractivity contribution in [2.24, 2.45) is 0 Å². The fourth-order valence-corrected chi connectivity index (χ4v) is 3.12. The van der Waals surface area contributed by atoms with E-state index in [0.29, 0.717) is 0 Å². The summed E-state index contributed by atoms with van der Waals surface area (Å²) in [6, 6.07) is 16.8. The second-order valence-corrected chi connectivity index (χ2v) is 5.83. The van der Waals surface area contributed by atoms with Crippen LogP contribution in [0.3, 0.4) is 0 Å². The SMILES string of the molecule is Brc1cccc2c1ccn2-c1ccccc1I. The van der Waals surface area contributed by atoms with E-state index in [0.717, 1.165) is 4.47 Å². The molecule has 0 saturated carbocycles. The summed E-state index contributed by atoms with van der Waals surface area (Å²) in [6.07, 6.45) is 2.12. The van der Waals surface area contributed by atoms with Crippen molar-refractivity contribution in [3.8, 4) is 5.69 Å². The Morgan fingerprint density at radius 3 is 2.59 bits per heavy atom. The first-order valence-corrected chi connectivity index (χ1v) is 7.15. The van der Waals surface area contributed by atoms with Crippen LogP contribution in [-0.4, -0.2) is 4.57 Å². The summed E-state index contributed by atoms with van der Waals surface area (Å²) in [4.78, 5) is 0. The predicted molar refractivity (Wildman–Crippen MR) is 83.7 cm³/mol. The second-order valence-electron chi connectivity index (χ2n) is 3.81. The number of benzene rings is 2. The standard InChI is InChI=1S/C14H9BrIN/c15-11-4-3-7-13-10(11)8-9-17(13)14-6-2-1-5-12(14)16/h1-9H. The molecule has 2 aromatic carbocycles. The smallest absolute Gasteiger partial charge is 0.0589 e. The van der Waals surface area contributed by atoms with E-state index in [2.05, 4.69) is 97.8 Å². The highest BCUT2D eigenvalue weighted by molar-refractivity contribution is 14.1. The fraction of sp³-hybridized carbons (Fsp3) is 0. The Labute approximate surface area is 122 Å². The molecule has 0 spiro atoms. The van der Waals surface area contributed by atoms with Crippen molar-refractivity contribution in [2.75, 3.05) is 0 Å². The lowest BCUT2D eigenvalue weighted by molar-refractivity contribution is 1.12. The van der Waals surface area contributed by atoms with Crippen LogP contribution in [0.2, 0.25) is 0 Å². The van der Waals surface area contributed by atoms with Crippen LogP contribution < -0.4 is 0 Å². The van der Waals surface area contributed by atoms with E-state index in [1.54, 1.807) is 0 Å². The summed E-state index contributed by atoms with van der Waals surface area (Å²) in [6.45, 7) is 0. The number of halogens is 2. The second kappa shape index (κ2) is 4.46. The molecule has 0 fully saturated rings. The molecule has 0 unspecified atom stereocenters. The maximum absolute atomic E-state index is 3.59. The minimum Gasteiger partial charge on any atom is -0.315 e. The van der Waals surface area contributed by atoms with Crippen molar-refractivity contribution >= 4 is 49.4 Å². The van der Waals surface area contributed by atoms with E-state index in [9.17, 15) is 0 Å². The minimum atomic E-state index is 1.14. The predicted octanol–water partition coefficient (Wildman–Crippen LogP) is 5.00. The molecular weight excluding hydrogens is 389 g/mol. The van der Waals surface area contributed by atoms with Crippen LogP contribution in [0, 0.1) is 3.57 Å². The van der Waals surface area contributed by atoms with E-state index in [1.807, 2.05) is 0 Å². The average Bonchev–Trinajstić information content (AvgIpc) is 2.75. The first-order chi connectivity index (χ1) is 8.27. The normalized spacial score (nSPS) is 10.9. The topological polar surface area (TPSA) is 4.93 Å². The monoisotopic (exact) mass is 397 g/mol. The lowest BCUT2D eigenvalue weighted by Crippen LogP contribution is -1.94. The molecule has 3 rings (SSSR count). The summed E-state index contributed by atoms with van der Waals surface area (Å²) >= 11 is 5.96. The minimum absolute atomic E-state index is 1.14. The van der Waals surface area contributed by atoms with Crippen molar-refractivity contribution < 1.29 is 0 Å². The molecule has 0 radical (unpaired) electrons. The van der Waals surface area contributed by atoms with Gasteiger partial charge in [-0.2, -0.15) is 0 Å². The molecule has 3 heteroatoms. The van der Waals surface area contributed by atoms with Gasteiger partial charge >= 0.3 is 0 Å². The van der Waals surface area contributed by atoms with Gasteiger partial charge in [0.2, 0.25) is 0 Å². The van der Waals surface area contributed by atoms with E-state index in [1.165, 1.54) is 20.2 Å². The zero-order chi connectivity index (χ0) is 11.8. The molecule has 84 valence electrons. The van der Waals surface area contributed by atoms with E-state index in [4.69, 9.17) is 0 Å². The van der Waals surface area contributed by atoms with Gasteiger partial charge in [0.15, 0.2) is 0 Å². The number of para-hydroxylation sites is 1. The number of aromatic nitrogens is 1. The van der Waals surface area contributed by atoms with Gasteiger partial charge in [0, 0.05) is 19.6 Å². The van der Waals surface area contributed by atoms with Crippen LogP contribution in [-0.2, 0) is 0 Å². The first kappa shape index (κ1) is 11.3. The number of rotatable bonds is 1. The quantitative estimate of drug-likeness (QED) is 0.509. The number of hydrogen-bond donors (Lipinski definition) is 0. The molecular formula is C14H9BrIN. The molecule has 1 heterocycles. The van der Waals surface area contributed by atoms with Crippen LogP contribution in [0.15, 0.2) is 59.2 Å². The summed E-state index contributed by atoms with van der Waals surface area (Å²) in [5, 5.41) is 1.24. The third-order valence-electron chi connectivity index (χ3n) is 2.79. The molecule has 1 nitrogen and oxygen atoms in total. The summed E-state index contributed by atoms with van der Waals surface area (Å²) < 4.78 is 4.62. The Balaban J connectivity index is 2.33. The first-order valence-electron chi connectivity index (χ1n) is 5.28. The maximum atomic E-state index is 3.59. The zero-order valence-corrected chi connectivity index (χ0v) is 12.6. The molecule has 0 bridgehead atoms. The Bertz CT molecular complexity index is 688. The fourth-order valence-electron chi connectivity index (χ4n) is 1.99. The maximum Gasteiger partial charge on any atom is 0.0589 e. The molecule has 0 saturated heterocycles. The highest BCUT2D eigenvalue weighted by Crippen LogP contribution is 2.28. The van der Waals surface area contributed by atoms with Gasteiger partial charge in [-0.05, 0) is 52.9 Å².